The molecule has 0 bridgehead atoms. The van der Waals surface area contributed by atoms with Crippen molar-refractivity contribution < 1.29 is 4.42 Å². The topological polar surface area (TPSA) is 13.1 Å². The molecule has 0 atom stereocenters. The van der Waals surface area contributed by atoms with Gasteiger partial charge in [0, 0.05) is 16.2 Å². The Bertz CT molecular complexity index is 2660. The number of hydrogen-bond donors (Lipinski definition) is 0. The van der Waals surface area contributed by atoms with Crippen LogP contribution in [0.5, 0.6) is 0 Å². The highest BCUT2D eigenvalue weighted by Crippen LogP contribution is 2.56. The standard InChI is InChI=1S/C45H30O/c1-45(2)38-24-22-27-12-3-4-13-29(27)43(38)36-20-11-19-35(44(36)45)42-33-17-7-5-15-31(33)41(32-16-6-8-18-34(32)42)28-23-25-40-37(26-28)30-14-9-10-21-39(30)46-40/h3-26H,1-2H3. The largest absolute Gasteiger partial charge is 0.456 e. The van der Waals surface area contributed by atoms with Gasteiger partial charge in [-0.25, -0.2) is 0 Å². The van der Waals surface area contributed by atoms with Crippen LogP contribution in [-0.2, 0) is 5.41 Å². The summed E-state index contributed by atoms with van der Waals surface area (Å²) in [5.41, 5.74) is 12.3. The van der Waals surface area contributed by atoms with Gasteiger partial charge in [0.15, 0.2) is 0 Å². The fourth-order valence-corrected chi connectivity index (χ4v) is 8.47. The zero-order valence-corrected chi connectivity index (χ0v) is 25.8. The number of hydrogen-bond acceptors (Lipinski definition) is 1. The summed E-state index contributed by atoms with van der Waals surface area (Å²) in [6.07, 6.45) is 0. The minimum absolute atomic E-state index is 0.153. The second-order valence-corrected chi connectivity index (χ2v) is 13.2. The number of para-hydroxylation sites is 1. The van der Waals surface area contributed by atoms with Gasteiger partial charge < -0.3 is 4.42 Å². The average Bonchev–Trinajstić information content (AvgIpc) is 3.59. The summed E-state index contributed by atoms with van der Waals surface area (Å²) >= 11 is 0. The molecular weight excluding hydrogens is 556 g/mol. The molecule has 1 aliphatic rings. The first-order valence-electron chi connectivity index (χ1n) is 16.1. The number of rotatable bonds is 2. The smallest absolute Gasteiger partial charge is 0.135 e. The van der Waals surface area contributed by atoms with Crippen molar-refractivity contribution >= 4 is 54.3 Å². The minimum atomic E-state index is -0.153. The van der Waals surface area contributed by atoms with Crippen molar-refractivity contribution in [3.8, 4) is 33.4 Å². The Kier molecular flexibility index (Phi) is 5.12. The molecule has 0 saturated heterocycles. The second kappa shape index (κ2) is 9.19. The highest BCUT2D eigenvalue weighted by Gasteiger charge is 2.39. The van der Waals surface area contributed by atoms with Crippen LogP contribution in [0.2, 0.25) is 0 Å². The number of fused-ring (bicyclic) bond motifs is 10. The first-order chi connectivity index (χ1) is 22.6. The molecule has 0 aliphatic heterocycles. The van der Waals surface area contributed by atoms with Gasteiger partial charge in [-0.2, -0.15) is 0 Å². The highest BCUT2D eigenvalue weighted by atomic mass is 16.3. The lowest BCUT2D eigenvalue weighted by atomic mass is 9.76. The van der Waals surface area contributed by atoms with E-state index in [0.29, 0.717) is 0 Å². The van der Waals surface area contributed by atoms with E-state index in [1.807, 2.05) is 6.07 Å². The highest BCUT2D eigenvalue weighted by molar-refractivity contribution is 6.23. The van der Waals surface area contributed by atoms with Crippen LogP contribution in [0.3, 0.4) is 0 Å². The Morgan fingerprint density at radius 3 is 1.70 bits per heavy atom. The molecule has 0 fully saturated rings. The van der Waals surface area contributed by atoms with Gasteiger partial charge in [-0.05, 0) is 95.0 Å². The summed E-state index contributed by atoms with van der Waals surface area (Å²) in [6, 6.07) is 53.4. The monoisotopic (exact) mass is 586 g/mol. The molecule has 10 rings (SSSR count). The van der Waals surface area contributed by atoms with Crippen molar-refractivity contribution in [1.29, 1.82) is 0 Å². The van der Waals surface area contributed by atoms with Crippen LogP contribution in [0, 0.1) is 0 Å². The number of benzene rings is 8. The summed E-state index contributed by atoms with van der Waals surface area (Å²) in [5.74, 6) is 0. The van der Waals surface area contributed by atoms with Gasteiger partial charge in [0.05, 0.1) is 0 Å². The SMILES string of the molecule is CC1(C)c2ccc3ccccc3c2-c2cccc(-c3c4ccccc4c(-c4ccc5oc6ccccc6c5c4)c4ccccc34)c21. The molecular formula is C45H30O. The Morgan fingerprint density at radius 1 is 0.413 bits per heavy atom. The van der Waals surface area contributed by atoms with Gasteiger partial charge in [0.1, 0.15) is 11.2 Å². The van der Waals surface area contributed by atoms with E-state index in [9.17, 15) is 0 Å². The summed E-state index contributed by atoms with van der Waals surface area (Å²) in [7, 11) is 0. The lowest BCUT2D eigenvalue weighted by Gasteiger charge is -2.26. The summed E-state index contributed by atoms with van der Waals surface area (Å²) in [6.45, 7) is 4.80. The van der Waals surface area contributed by atoms with Crippen LogP contribution in [0.1, 0.15) is 25.0 Å². The quantitative estimate of drug-likeness (QED) is 0.184. The normalized spacial score (nSPS) is 13.6. The van der Waals surface area contributed by atoms with Gasteiger partial charge in [0.25, 0.3) is 0 Å². The molecule has 1 aromatic heterocycles. The lowest BCUT2D eigenvalue weighted by molar-refractivity contribution is 0.663. The molecule has 1 heteroatoms. The second-order valence-electron chi connectivity index (χ2n) is 13.2. The van der Waals surface area contributed by atoms with E-state index in [4.69, 9.17) is 4.42 Å². The van der Waals surface area contributed by atoms with Crippen molar-refractivity contribution in [3.63, 3.8) is 0 Å². The molecule has 0 spiro atoms. The molecule has 0 N–H and O–H groups in total. The van der Waals surface area contributed by atoms with Gasteiger partial charge in [-0.1, -0.05) is 141 Å². The van der Waals surface area contributed by atoms with Gasteiger partial charge in [-0.15, -0.1) is 0 Å². The van der Waals surface area contributed by atoms with E-state index in [2.05, 4.69) is 153 Å². The van der Waals surface area contributed by atoms with Gasteiger partial charge in [0.2, 0.25) is 0 Å². The van der Waals surface area contributed by atoms with Crippen molar-refractivity contribution in [2.45, 2.75) is 19.3 Å². The zero-order valence-electron chi connectivity index (χ0n) is 25.8. The van der Waals surface area contributed by atoms with Gasteiger partial charge >= 0.3 is 0 Å². The number of furan rings is 1. The third kappa shape index (κ3) is 3.35. The van der Waals surface area contributed by atoms with Crippen LogP contribution in [0.25, 0.3) is 87.6 Å². The van der Waals surface area contributed by atoms with Crippen molar-refractivity contribution in [1.82, 2.24) is 0 Å². The van der Waals surface area contributed by atoms with E-state index in [-0.39, 0.29) is 5.41 Å². The van der Waals surface area contributed by atoms with Crippen molar-refractivity contribution in [2.24, 2.45) is 0 Å². The molecule has 0 radical (unpaired) electrons. The van der Waals surface area contributed by atoms with E-state index in [1.54, 1.807) is 0 Å². The van der Waals surface area contributed by atoms with Crippen molar-refractivity contribution in [3.05, 3.63) is 157 Å². The van der Waals surface area contributed by atoms with Crippen LogP contribution >= 0.6 is 0 Å². The summed E-state index contributed by atoms with van der Waals surface area (Å²) in [4.78, 5) is 0. The Balaban J connectivity index is 1.31. The molecule has 1 nitrogen and oxygen atoms in total. The molecule has 0 amide bonds. The average molecular weight is 587 g/mol. The van der Waals surface area contributed by atoms with Crippen molar-refractivity contribution in [2.75, 3.05) is 0 Å². The van der Waals surface area contributed by atoms with Crippen LogP contribution in [-0.4, -0.2) is 0 Å². The minimum Gasteiger partial charge on any atom is -0.456 e. The van der Waals surface area contributed by atoms with Gasteiger partial charge in [-0.3, -0.25) is 0 Å². The maximum absolute atomic E-state index is 6.21. The molecule has 1 aliphatic carbocycles. The van der Waals surface area contributed by atoms with Crippen LogP contribution < -0.4 is 0 Å². The van der Waals surface area contributed by atoms with E-state index in [1.165, 1.54) is 76.8 Å². The molecule has 1 heterocycles. The van der Waals surface area contributed by atoms with E-state index >= 15 is 0 Å². The molecule has 8 aromatic carbocycles. The predicted molar refractivity (Wildman–Crippen MR) is 195 cm³/mol. The maximum atomic E-state index is 6.21. The predicted octanol–water partition coefficient (Wildman–Crippen LogP) is 12.7. The van der Waals surface area contributed by atoms with Crippen LogP contribution in [0.4, 0.5) is 0 Å². The fourth-order valence-electron chi connectivity index (χ4n) is 8.47. The first-order valence-corrected chi connectivity index (χ1v) is 16.1. The zero-order chi connectivity index (χ0) is 30.6. The summed E-state index contributed by atoms with van der Waals surface area (Å²) < 4.78 is 6.21. The molecule has 0 unspecified atom stereocenters. The Morgan fingerprint density at radius 2 is 0.978 bits per heavy atom. The fraction of sp³-hybridized carbons (Fsp3) is 0.0667. The first kappa shape index (κ1) is 25.6. The third-order valence-electron chi connectivity index (χ3n) is 10.4. The lowest BCUT2D eigenvalue weighted by Crippen LogP contribution is -2.16. The maximum Gasteiger partial charge on any atom is 0.135 e. The summed E-state index contributed by atoms with van der Waals surface area (Å²) in [5, 5.41) is 10.0. The molecule has 46 heavy (non-hydrogen) atoms. The molecule has 9 aromatic rings. The molecule has 0 saturated carbocycles. The van der Waals surface area contributed by atoms with E-state index in [0.717, 1.165) is 21.9 Å². The van der Waals surface area contributed by atoms with Crippen LogP contribution in [0.15, 0.2) is 150 Å². The molecule has 216 valence electrons. The Hall–Kier alpha value is -5.66. The third-order valence-corrected chi connectivity index (χ3v) is 10.4. The Labute approximate surface area is 267 Å². The van der Waals surface area contributed by atoms with E-state index < -0.39 is 0 Å².